The van der Waals surface area contributed by atoms with Gasteiger partial charge in [-0.1, -0.05) is 23.2 Å². The van der Waals surface area contributed by atoms with Crippen LogP contribution in [-0.4, -0.2) is 5.91 Å². The van der Waals surface area contributed by atoms with Gasteiger partial charge >= 0.3 is 6.18 Å². The van der Waals surface area contributed by atoms with E-state index in [0.717, 1.165) is 12.1 Å². The van der Waals surface area contributed by atoms with Crippen LogP contribution in [0, 0.1) is 0 Å². The molecule has 0 atom stereocenters. The molecule has 3 rings (SSSR count). The van der Waals surface area contributed by atoms with E-state index in [4.69, 9.17) is 27.6 Å². The zero-order chi connectivity index (χ0) is 19.1. The Morgan fingerprint density at radius 3 is 2.46 bits per heavy atom. The molecule has 9 heteroatoms. The zero-order valence-corrected chi connectivity index (χ0v) is 14.2. The maximum Gasteiger partial charge on any atom is 0.417 e. The third-order valence-corrected chi connectivity index (χ3v) is 4.01. The molecule has 0 saturated carbocycles. The van der Waals surface area contributed by atoms with Gasteiger partial charge in [0.25, 0.3) is 5.91 Å². The summed E-state index contributed by atoms with van der Waals surface area (Å²) in [6.45, 7) is 0. The Kier molecular flexibility index (Phi) is 4.68. The van der Waals surface area contributed by atoms with Crippen LogP contribution in [0.4, 0.5) is 18.9 Å². The Bertz CT molecular complexity index is 1080. The lowest BCUT2D eigenvalue weighted by molar-refractivity contribution is -0.137. The maximum atomic E-state index is 12.9. The minimum absolute atomic E-state index is 0.124. The Morgan fingerprint density at radius 1 is 1.04 bits per heavy atom. The molecule has 0 spiro atoms. The summed E-state index contributed by atoms with van der Waals surface area (Å²) in [5.41, 5.74) is -1.62. The lowest BCUT2D eigenvalue weighted by Gasteiger charge is -2.11. The minimum Gasteiger partial charge on any atom is -0.451 e. The largest absolute Gasteiger partial charge is 0.451 e. The number of hydrogen-bond acceptors (Lipinski definition) is 3. The lowest BCUT2D eigenvalue weighted by Crippen LogP contribution is -2.16. The second kappa shape index (κ2) is 6.66. The summed E-state index contributed by atoms with van der Waals surface area (Å²) in [7, 11) is 0. The summed E-state index contributed by atoms with van der Waals surface area (Å²) in [5, 5.41) is 2.25. The predicted molar refractivity (Wildman–Crippen MR) is 91.9 cm³/mol. The van der Waals surface area contributed by atoms with Gasteiger partial charge in [0.2, 0.25) is 0 Å². The first kappa shape index (κ1) is 18.3. The van der Waals surface area contributed by atoms with Crippen LogP contribution < -0.4 is 10.7 Å². The quantitative estimate of drug-likeness (QED) is 0.627. The fourth-order valence-electron chi connectivity index (χ4n) is 2.25. The Hall–Kier alpha value is -2.51. The topological polar surface area (TPSA) is 59.3 Å². The van der Waals surface area contributed by atoms with E-state index in [9.17, 15) is 22.8 Å². The molecule has 3 aromatic rings. The van der Waals surface area contributed by atoms with Crippen molar-refractivity contribution >= 4 is 45.8 Å². The van der Waals surface area contributed by atoms with Crippen LogP contribution in [-0.2, 0) is 6.18 Å². The van der Waals surface area contributed by atoms with E-state index in [1.165, 1.54) is 24.3 Å². The summed E-state index contributed by atoms with van der Waals surface area (Å²) >= 11 is 11.3. The van der Waals surface area contributed by atoms with Crippen LogP contribution in [0.25, 0.3) is 11.0 Å². The van der Waals surface area contributed by atoms with Gasteiger partial charge in [-0.25, -0.2) is 0 Å². The van der Waals surface area contributed by atoms with Gasteiger partial charge < -0.3 is 9.73 Å². The molecule has 0 fully saturated rings. The standard InChI is InChI=1S/C17H8Cl2F3NO3/c18-8-1-4-14-10(5-8)13(24)7-15(26-14)16(25)23-9-2-3-12(19)11(6-9)17(20,21)22/h1-7H,(H,23,25). The number of amides is 1. The first-order valence-corrected chi connectivity index (χ1v) is 7.82. The normalized spacial score (nSPS) is 11.6. The van der Waals surface area contributed by atoms with Gasteiger partial charge in [0.1, 0.15) is 5.58 Å². The van der Waals surface area contributed by atoms with Gasteiger partial charge in [0.15, 0.2) is 11.2 Å². The average Bonchev–Trinajstić information content (AvgIpc) is 2.56. The number of anilines is 1. The lowest BCUT2D eigenvalue weighted by atomic mass is 10.2. The van der Waals surface area contributed by atoms with Gasteiger partial charge in [-0.05, 0) is 36.4 Å². The van der Waals surface area contributed by atoms with E-state index >= 15 is 0 Å². The second-order valence-corrected chi connectivity index (χ2v) is 6.11. The molecular formula is C17H8Cl2F3NO3. The highest BCUT2D eigenvalue weighted by Crippen LogP contribution is 2.36. The number of hydrogen-bond donors (Lipinski definition) is 1. The molecule has 134 valence electrons. The maximum absolute atomic E-state index is 12.9. The number of fused-ring (bicyclic) bond motifs is 1. The number of nitrogens with one attached hydrogen (secondary N) is 1. The summed E-state index contributed by atoms with van der Waals surface area (Å²) in [6.07, 6.45) is -4.67. The van der Waals surface area contributed by atoms with Crippen molar-refractivity contribution in [3.63, 3.8) is 0 Å². The summed E-state index contributed by atoms with van der Waals surface area (Å²) in [6, 6.07) is 8.13. The summed E-state index contributed by atoms with van der Waals surface area (Å²) in [4.78, 5) is 24.3. The number of alkyl halides is 3. The van der Waals surface area contributed by atoms with Crippen molar-refractivity contribution in [3.05, 3.63) is 74.1 Å². The minimum atomic E-state index is -4.67. The van der Waals surface area contributed by atoms with Crippen molar-refractivity contribution in [1.82, 2.24) is 0 Å². The third-order valence-electron chi connectivity index (χ3n) is 3.44. The summed E-state index contributed by atoms with van der Waals surface area (Å²) < 4.78 is 44.0. The molecule has 0 aliphatic carbocycles. The molecule has 2 aromatic carbocycles. The van der Waals surface area contributed by atoms with Crippen LogP contribution in [0.15, 0.2) is 51.7 Å². The Morgan fingerprint density at radius 2 is 1.77 bits per heavy atom. The van der Waals surface area contributed by atoms with E-state index < -0.39 is 28.1 Å². The zero-order valence-electron chi connectivity index (χ0n) is 12.7. The Labute approximate surface area is 154 Å². The molecule has 0 aliphatic rings. The molecule has 1 heterocycles. The van der Waals surface area contributed by atoms with Crippen LogP contribution in [0.3, 0.4) is 0 Å². The van der Waals surface area contributed by atoms with E-state index in [0.29, 0.717) is 11.1 Å². The van der Waals surface area contributed by atoms with E-state index in [1.807, 2.05) is 0 Å². The molecular weight excluding hydrogens is 394 g/mol. The molecule has 1 aromatic heterocycles. The molecule has 26 heavy (non-hydrogen) atoms. The van der Waals surface area contributed by atoms with Crippen molar-refractivity contribution in [2.24, 2.45) is 0 Å². The molecule has 4 nitrogen and oxygen atoms in total. The van der Waals surface area contributed by atoms with Crippen LogP contribution in [0.2, 0.25) is 10.0 Å². The first-order chi connectivity index (χ1) is 12.1. The van der Waals surface area contributed by atoms with Gasteiger partial charge in [-0.15, -0.1) is 0 Å². The van der Waals surface area contributed by atoms with Crippen LogP contribution in [0.1, 0.15) is 16.1 Å². The monoisotopic (exact) mass is 401 g/mol. The second-order valence-electron chi connectivity index (χ2n) is 5.26. The van der Waals surface area contributed by atoms with Crippen molar-refractivity contribution in [3.8, 4) is 0 Å². The molecule has 0 aliphatic heterocycles. The first-order valence-electron chi connectivity index (χ1n) is 7.06. The fraction of sp³-hybridized carbons (Fsp3) is 0.0588. The number of benzene rings is 2. The van der Waals surface area contributed by atoms with Crippen LogP contribution in [0.5, 0.6) is 0 Å². The van der Waals surface area contributed by atoms with Gasteiger partial charge in [-0.3, -0.25) is 9.59 Å². The van der Waals surface area contributed by atoms with Gasteiger partial charge in [0.05, 0.1) is 16.0 Å². The summed E-state index contributed by atoms with van der Waals surface area (Å²) in [5.74, 6) is -1.23. The molecule has 1 N–H and O–H groups in total. The molecule has 0 bridgehead atoms. The highest BCUT2D eigenvalue weighted by molar-refractivity contribution is 6.31. The van der Waals surface area contributed by atoms with E-state index in [2.05, 4.69) is 5.32 Å². The van der Waals surface area contributed by atoms with Crippen molar-refractivity contribution in [1.29, 1.82) is 0 Å². The number of rotatable bonds is 2. The Balaban J connectivity index is 1.95. The van der Waals surface area contributed by atoms with E-state index in [1.54, 1.807) is 0 Å². The van der Waals surface area contributed by atoms with Crippen molar-refractivity contribution in [2.75, 3.05) is 5.32 Å². The SMILES string of the molecule is O=C(Nc1ccc(Cl)c(C(F)(F)F)c1)c1cc(=O)c2cc(Cl)ccc2o1. The van der Waals surface area contributed by atoms with E-state index in [-0.39, 0.29) is 22.4 Å². The smallest absolute Gasteiger partial charge is 0.417 e. The van der Waals surface area contributed by atoms with Crippen molar-refractivity contribution < 1.29 is 22.4 Å². The molecule has 1 amide bonds. The highest BCUT2D eigenvalue weighted by atomic mass is 35.5. The molecule has 0 saturated heterocycles. The molecule has 0 radical (unpaired) electrons. The van der Waals surface area contributed by atoms with Gasteiger partial charge in [-0.2, -0.15) is 13.2 Å². The number of halogens is 5. The molecule has 0 unspecified atom stereocenters. The van der Waals surface area contributed by atoms with Gasteiger partial charge in [0, 0.05) is 16.8 Å². The highest BCUT2D eigenvalue weighted by Gasteiger charge is 2.33. The predicted octanol–water partition coefficient (Wildman–Crippen LogP) is 5.37. The number of carbonyl (C=O) groups excluding carboxylic acids is 1. The third kappa shape index (κ3) is 3.68. The fourth-order valence-corrected chi connectivity index (χ4v) is 2.65. The van der Waals surface area contributed by atoms with Crippen molar-refractivity contribution in [2.45, 2.75) is 6.18 Å². The number of carbonyl (C=O) groups is 1. The average molecular weight is 402 g/mol. The van der Waals surface area contributed by atoms with Crippen LogP contribution >= 0.6 is 23.2 Å².